The molecule has 1 aromatic carbocycles. The maximum Gasteiger partial charge on any atom is 0.232 e. The van der Waals surface area contributed by atoms with Crippen molar-refractivity contribution >= 4 is 15.7 Å². The fraction of sp³-hybridized carbons (Fsp3) is 0.400. The molecule has 0 aliphatic heterocycles. The summed E-state index contributed by atoms with van der Waals surface area (Å²) < 4.78 is 38.1. The minimum absolute atomic E-state index is 0.0446. The van der Waals surface area contributed by atoms with Crippen molar-refractivity contribution in [3.8, 4) is 0 Å². The van der Waals surface area contributed by atoms with E-state index in [1.807, 2.05) is 0 Å². The summed E-state index contributed by atoms with van der Waals surface area (Å²) in [4.78, 5) is 0. The number of benzene rings is 1. The highest BCUT2D eigenvalue weighted by Gasteiger charge is 2.10. The van der Waals surface area contributed by atoms with Crippen molar-refractivity contribution in [1.82, 2.24) is 0 Å². The lowest BCUT2D eigenvalue weighted by Gasteiger charge is -2.09. The Bertz CT molecular complexity index is 443. The van der Waals surface area contributed by atoms with Gasteiger partial charge in [-0.05, 0) is 31.0 Å². The quantitative estimate of drug-likeness (QED) is 0.864. The van der Waals surface area contributed by atoms with Gasteiger partial charge in [-0.1, -0.05) is 13.0 Å². The molecule has 0 radical (unpaired) electrons. The summed E-state index contributed by atoms with van der Waals surface area (Å²) in [5.41, 5.74) is 1.01. The predicted molar refractivity (Wildman–Crippen MR) is 58.8 cm³/mol. The number of anilines is 1. The van der Waals surface area contributed by atoms with Crippen LogP contribution in [0.4, 0.5) is 10.1 Å². The highest BCUT2D eigenvalue weighted by atomic mass is 32.2. The average molecular weight is 231 g/mol. The molecule has 0 saturated heterocycles. The van der Waals surface area contributed by atoms with Gasteiger partial charge in [0.05, 0.1) is 11.4 Å². The molecule has 0 spiro atoms. The van der Waals surface area contributed by atoms with Crippen molar-refractivity contribution in [2.75, 3.05) is 10.5 Å². The van der Waals surface area contributed by atoms with Gasteiger partial charge < -0.3 is 0 Å². The molecule has 1 aromatic rings. The van der Waals surface area contributed by atoms with Crippen molar-refractivity contribution in [2.24, 2.45) is 0 Å². The number of hydrogen-bond donors (Lipinski definition) is 1. The van der Waals surface area contributed by atoms with Gasteiger partial charge in [0, 0.05) is 0 Å². The smallest absolute Gasteiger partial charge is 0.232 e. The topological polar surface area (TPSA) is 46.2 Å². The van der Waals surface area contributed by atoms with Crippen molar-refractivity contribution in [1.29, 1.82) is 0 Å². The molecular weight excluding hydrogens is 217 g/mol. The molecular formula is C10H14FNO2S. The lowest BCUT2D eigenvalue weighted by Crippen LogP contribution is -2.16. The lowest BCUT2D eigenvalue weighted by atomic mass is 10.2. The van der Waals surface area contributed by atoms with Crippen LogP contribution in [0.3, 0.4) is 0 Å². The SMILES string of the molecule is CCCS(=O)(=O)Nc1cc(F)ccc1C. The maximum absolute atomic E-state index is 12.9. The normalized spacial score (nSPS) is 11.4. The summed E-state index contributed by atoms with van der Waals surface area (Å²) in [7, 11) is -3.34. The molecule has 0 fully saturated rings. The Kier molecular flexibility index (Phi) is 3.68. The molecule has 84 valence electrons. The molecule has 0 atom stereocenters. The summed E-state index contributed by atoms with van der Waals surface area (Å²) in [5, 5.41) is 0. The zero-order valence-corrected chi connectivity index (χ0v) is 9.57. The predicted octanol–water partition coefficient (Wildman–Crippen LogP) is 2.29. The Labute approximate surface area is 89.4 Å². The fourth-order valence-electron chi connectivity index (χ4n) is 1.19. The monoisotopic (exact) mass is 231 g/mol. The number of rotatable bonds is 4. The van der Waals surface area contributed by atoms with Crippen LogP contribution in [-0.2, 0) is 10.0 Å². The standard InChI is InChI=1S/C10H14FNO2S/c1-3-6-15(13,14)12-10-7-9(11)5-4-8(10)2/h4-5,7,12H,3,6H2,1-2H3. The minimum atomic E-state index is -3.34. The summed E-state index contributed by atoms with van der Waals surface area (Å²) >= 11 is 0. The molecule has 0 heterocycles. The van der Waals surface area contributed by atoms with Gasteiger partial charge in [-0.25, -0.2) is 12.8 Å². The summed E-state index contributed by atoms with van der Waals surface area (Å²) in [5.74, 6) is -0.405. The van der Waals surface area contributed by atoms with Crippen LogP contribution >= 0.6 is 0 Å². The first-order valence-corrected chi connectivity index (χ1v) is 6.36. The van der Waals surface area contributed by atoms with E-state index in [2.05, 4.69) is 4.72 Å². The Balaban J connectivity index is 2.94. The van der Waals surface area contributed by atoms with E-state index in [4.69, 9.17) is 0 Å². The zero-order chi connectivity index (χ0) is 11.5. The first-order chi connectivity index (χ1) is 6.94. The highest BCUT2D eigenvalue weighted by Crippen LogP contribution is 2.17. The van der Waals surface area contributed by atoms with Crippen LogP contribution in [0.5, 0.6) is 0 Å². The third-order valence-electron chi connectivity index (χ3n) is 1.94. The van der Waals surface area contributed by atoms with Gasteiger partial charge in [0.15, 0.2) is 0 Å². The second-order valence-electron chi connectivity index (χ2n) is 3.38. The van der Waals surface area contributed by atoms with Gasteiger partial charge in [0.25, 0.3) is 0 Å². The molecule has 1 N–H and O–H groups in total. The van der Waals surface area contributed by atoms with Crippen molar-refractivity contribution in [2.45, 2.75) is 20.3 Å². The molecule has 3 nitrogen and oxygen atoms in total. The van der Waals surface area contributed by atoms with Crippen LogP contribution in [0, 0.1) is 12.7 Å². The van der Waals surface area contributed by atoms with E-state index in [-0.39, 0.29) is 5.75 Å². The number of hydrogen-bond acceptors (Lipinski definition) is 2. The van der Waals surface area contributed by atoms with E-state index in [9.17, 15) is 12.8 Å². The first kappa shape index (κ1) is 12.0. The van der Waals surface area contributed by atoms with Gasteiger partial charge in [0.1, 0.15) is 5.82 Å². The lowest BCUT2D eigenvalue weighted by molar-refractivity contribution is 0.599. The third kappa shape index (κ3) is 3.51. The molecule has 0 aliphatic rings. The van der Waals surface area contributed by atoms with Gasteiger partial charge in [0.2, 0.25) is 10.0 Å². The number of halogens is 1. The van der Waals surface area contributed by atoms with E-state index in [0.29, 0.717) is 17.7 Å². The third-order valence-corrected chi connectivity index (χ3v) is 3.41. The minimum Gasteiger partial charge on any atom is -0.283 e. The first-order valence-electron chi connectivity index (χ1n) is 4.71. The van der Waals surface area contributed by atoms with Crippen molar-refractivity contribution in [3.63, 3.8) is 0 Å². The Hall–Kier alpha value is -1.10. The highest BCUT2D eigenvalue weighted by molar-refractivity contribution is 7.92. The summed E-state index contributed by atoms with van der Waals surface area (Å²) in [6, 6.07) is 4.02. The van der Waals surface area contributed by atoms with Crippen molar-refractivity contribution in [3.05, 3.63) is 29.6 Å². The Morgan fingerprint density at radius 1 is 1.40 bits per heavy atom. The number of nitrogens with one attached hydrogen (secondary N) is 1. The second-order valence-corrected chi connectivity index (χ2v) is 5.22. The number of sulfonamides is 1. The number of aryl methyl sites for hydroxylation is 1. The van der Waals surface area contributed by atoms with Crippen LogP contribution in [0.1, 0.15) is 18.9 Å². The zero-order valence-electron chi connectivity index (χ0n) is 8.75. The Morgan fingerprint density at radius 2 is 2.07 bits per heavy atom. The molecule has 0 saturated carbocycles. The molecule has 0 aromatic heterocycles. The van der Waals surface area contributed by atoms with Crippen LogP contribution in [-0.4, -0.2) is 14.2 Å². The average Bonchev–Trinajstić information content (AvgIpc) is 2.10. The van der Waals surface area contributed by atoms with E-state index < -0.39 is 15.8 Å². The van der Waals surface area contributed by atoms with E-state index in [1.54, 1.807) is 19.9 Å². The van der Waals surface area contributed by atoms with E-state index in [1.165, 1.54) is 12.1 Å². The molecule has 1 rings (SSSR count). The van der Waals surface area contributed by atoms with E-state index >= 15 is 0 Å². The largest absolute Gasteiger partial charge is 0.283 e. The molecule has 0 bridgehead atoms. The van der Waals surface area contributed by atoms with Crippen LogP contribution in [0.2, 0.25) is 0 Å². The molecule has 0 aliphatic carbocycles. The van der Waals surface area contributed by atoms with Crippen LogP contribution < -0.4 is 4.72 Å². The van der Waals surface area contributed by atoms with Gasteiger partial charge in [-0.15, -0.1) is 0 Å². The summed E-state index contributed by atoms with van der Waals surface area (Å²) in [6.07, 6.45) is 0.531. The van der Waals surface area contributed by atoms with Crippen molar-refractivity contribution < 1.29 is 12.8 Å². The molecule has 0 amide bonds. The molecule has 5 heteroatoms. The summed E-state index contributed by atoms with van der Waals surface area (Å²) in [6.45, 7) is 3.50. The van der Waals surface area contributed by atoms with Gasteiger partial charge in [-0.2, -0.15) is 0 Å². The molecule has 0 unspecified atom stereocenters. The van der Waals surface area contributed by atoms with Gasteiger partial charge in [-0.3, -0.25) is 4.72 Å². The van der Waals surface area contributed by atoms with Gasteiger partial charge >= 0.3 is 0 Å². The van der Waals surface area contributed by atoms with Crippen LogP contribution in [0.25, 0.3) is 0 Å². The van der Waals surface area contributed by atoms with Crippen LogP contribution in [0.15, 0.2) is 18.2 Å². The Morgan fingerprint density at radius 3 is 2.67 bits per heavy atom. The fourth-order valence-corrected chi connectivity index (χ4v) is 2.39. The molecule has 15 heavy (non-hydrogen) atoms. The van der Waals surface area contributed by atoms with E-state index in [0.717, 1.165) is 0 Å². The maximum atomic E-state index is 12.9. The second kappa shape index (κ2) is 4.61.